The van der Waals surface area contributed by atoms with E-state index in [2.05, 4.69) is 5.32 Å². The van der Waals surface area contributed by atoms with Crippen LogP contribution in [0.5, 0.6) is 0 Å². The maximum atomic E-state index is 13.3. The zero-order valence-corrected chi connectivity index (χ0v) is 17.4. The molecule has 1 atom stereocenters. The molecule has 1 N–H and O–H groups in total. The summed E-state index contributed by atoms with van der Waals surface area (Å²) in [6.07, 6.45) is 2.87. The van der Waals surface area contributed by atoms with Gasteiger partial charge in [0.15, 0.2) is 0 Å². The Kier molecular flexibility index (Phi) is 4.76. The quantitative estimate of drug-likeness (QED) is 0.822. The molecule has 2 aromatic rings. The summed E-state index contributed by atoms with van der Waals surface area (Å²) in [6.45, 7) is 2.71. The van der Waals surface area contributed by atoms with Crippen molar-refractivity contribution in [1.82, 2.24) is 0 Å². The molecular formula is C24H24FN3O3. The Morgan fingerprint density at radius 3 is 2.65 bits per heavy atom. The highest BCUT2D eigenvalue weighted by molar-refractivity contribution is 6.04. The Hall–Kier alpha value is -3.22. The average molecular weight is 421 g/mol. The van der Waals surface area contributed by atoms with E-state index in [1.807, 2.05) is 23.1 Å². The number of anilines is 3. The van der Waals surface area contributed by atoms with Crippen LogP contribution in [0.4, 0.5) is 21.5 Å². The first kappa shape index (κ1) is 19.7. The number of fused-ring (bicyclic) bond motifs is 1. The van der Waals surface area contributed by atoms with Gasteiger partial charge in [0.2, 0.25) is 17.7 Å². The number of carbonyl (C=O) groups is 3. The molecule has 160 valence electrons. The zero-order valence-electron chi connectivity index (χ0n) is 17.4. The molecule has 2 heterocycles. The highest BCUT2D eigenvalue weighted by atomic mass is 19.1. The van der Waals surface area contributed by atoms with Gasteiger partial charge < -0.3 is 15.1 Å². The summed E-state index contributed by atoms with van der Waals surface area (Å²) < 4.78 is 13.3. The molecule has 0 bridgehead atoms. The molecule has 6 nitrogen and oxygen atoms in total. The van der Waals surface area contributed by atoms with Gasteiger partial charge in [0, 0.05) is 42.5 Å². The Labute approximate surface area is 180 Å². The molecule has 0 unspecified atom stereocenters. The predicted molar refractivity (Wildman–Crippen MR) is 115 cm³/mol. The molecule has 0 spiro atoms. The minimum atomic E-state index is -0.474. The summed E-state index contributed by atoms with van der Waals surface area (Å²) in [5.74, 6) is -0.788. The molecular weight excluding hydrogens is 397 g/mol. The third-order valence-corrected chi connectivity index (χ3v) is 6.41. The van der Waals surface area contributed by atoms with E-state index in [0.29, 0.717) is 24.3 Å². The third-order valence-electron chi connectivity index (χ3n) is 6.41. The van der Waals surface area contributed by atoms with Crippen molar-refractivity contribution in [2.45, 2.75) is 32.6 Å². The number of amides is 3. The molecule has 1 aliphatic carbocycles. The van der Waals surface area contributed by atoms with Crippen LogP contribution in [0.15, 0.2) is 36.4 Å². The molecule has 2 fully saturated rings. The van der Waals surface area contributed by atoms with Crippen LogP contribution in [-0.4, -0.2) is 30.8 Å². The van der Waals surface area contributed by atoms with Gasteiger partial charge in [0.05, 0.1) is 5.92 Å². The maximum absolute atomic E-state index is 13.3. The van der Waals surface area contributed by atoms with Gasteiger partial charge in [-0.25, -0.2) is 4.39 Å². The lowest BCUT2D eigenvalue weighted by atomic mass is 10.1. The number of halogens is 1. The average Bonchev–Trinajstić information content (AvgIpc) is 3.40. The number of nitrogens with one attached hydrogen (secondary N) is 1. The number of aryl methyl sites for hydroxylation is 1. The van der Waals surface area contributed by atoms with E-state index < -0.39 is 5.92 Å². The third kappa shape index (κ3) is 3.69. The fourth-order valence-electron chi connectivity index (χ4n) is 4.47. The first-order valence-electron chi connectivity index (χ1n) is 10.7. The van der Waals surface area contributed by atoms with Gasteiger partial charge in [0.1, 0.15) is 5.82 Å². The maximum Gasteiger partial charge on any atom is 0.230 e. The van der Waals surface area contributed by atoms with Crippen molar-refractivity contribution in [2.75, 3.05) is 28.2 Å². The van der Waals surface area contributed by atoms with Crippen molar-refractivity contribution in [3.8, 4) is 0 Å². The molecule has 2 aliphatic heterocycles. The molecule has 2 aromatic carbocycles. The molecule has 7 heteroatoms. The van der Waals surface area contributed by atoms with Crippen LogP contribution in [0.2, 0.25) is 0 Å². The van der Waals surface area contributed by atoms with Gasteiger partial charge in [0.25, 0.3) is 0 Å². The highest BCUT2D eigenvalue weighted by Gasteiger charge is 2.38. The van der Waals surface area contributed by atoms with Crippen molar-refractivity contribution >= 4 is 34.8 Å². The van der Waals surface area contributed by atoms with Crippen LogP contribution in [0.1, 0.15) is 30.4 Å². The second-order valence-electron chi connectivity index (χ2n) is 8.68. The van der Waals surface area contributed by atoms with E-state index in [1.165, 1.54) is 18.2 Å². The van der Waals surface area contributed by atoms with Crippen molar-refractivity contribution in [3.05, 3.63) is 53.3 Å². The topological polar surface area (TPSA) is 69.7 Å². The lowest BCUT2D eigenvalue weighted by Crippen LogP contribution is -2.30. The Morgan fingerprint density at radius 2 is 1.90 bits per heavy atom. The van der Waals surface area contributed by atoms with E-state index in [0.717, 1.165) is 36.2 Å². The van der Waals surface area contributed by atoms with Crippen LogP contribution < -0.4 is 15.1 Å². The summed E-state index contributed by atoms with van der Waals surface area (Å²) in [6, 6.07) is 9.95. The minimum Gasteiger partial charge on any atom is -0.326 e. The summed E-state index contributed by atoms with van der Waals surface area (Å²) in [5.41, 5.74) is 3.95. The lowest BCUT2D eigenvalue weighted by molar-refractivity contribution is -0.122. The summed E-state index contributed by atoms with van der Waals surface area (Å²) in [5, 5.41) is 2.82. The SMILES string of the molecule is Cc1cc(F)ccc1NC(=O)[C@@H]1CC(=O)N(c2ccc3c(c2)CCN3C(=O)C2CC2)C1. The minimum absolute atomic E-state index is 0.0974. The molecule has 0 aromatic heterocycles. The second kappa shape index (κ2) is 7.48. The predicted octanol–water partition coefficient (Wildman–Crippen LogP) is 3.42. The van der Waals surface area contributed by atoms with Crippen molar-refractivity contribution < 1.29 is 18.8 Å². The number of hydrogen-bond donors (Lipinski definition) is 1. The summed E-state index contributed by atoms with van der Waals surface area (Å²) in [7, 11) is 0. The van der Waals surface area contributed by atoms with Crippen LogP contribution >= 0.6 is 0 Å². The van der Waals surface area contributed by atoms with Crippen LogP contribution in [0.25, 0.3) is 0 Å². The van der Waals surface area contributed by atoms with Gasteiger partial charge in [-0.3, -0.25) is 14.4 Å². The summed E-state index contributed by atoms with van der Waals surface area (Å²) >= 11 is 0. The van der Waals surface area contributed by atoms with E-state index in [-0.39, 0.29) is 35.9 Å². The molecule has 3 aliphatic rings. The highest BCUT2D eigenvalue weighted by Crippen LogP contribution is 2.38. The van der Waals surface area contributed by atoms with Crippen molar-refractivity contribution in [3.63, 3.8) is 0 Å². The van der Waals surface area contributed by atoms with Crippen LogP contribution in [0, 0.1) is 24.6 Å². The van der Waals surface area contributed by atoms with E-state index in [9.17, 15) is 18.8 Å². The Balaban J connectivity index is 1.29. The standard InChI is InChI=1S/C24H24FN3O3/c1-14-10-18(25)4-6-20(14)26-23(30)17-12-22(29)28(13-17)19-5-7-21-16(11-19)8-9-27(21)24(31)15-2-3-15/h4-7,10-11,15,17H,2-3,8-9,12-13H2,1H3,(H,26,30)/t17-/m1/s1. The van der Waals surface area contributed by atoms with E-state index in [4.69, 9.17) is 0 Å². The first-order valence-corrected chi connectivity index (χ1v) is 10.7. The van der Waals surface area contributed by atoms with Crippen molar-refractivity contribution in [2.24, 2.45) is 11.8 Å². The van der Waals surface area contributed by atoms with Gasteiger partial charge in [-0.05, 0) is 73.7 Å². The number of nitrogens with zero attached hydrogens (tertiary/aromatic N) is 2. The number of rotatable bonds is 4. The van der Waals surface area contributed by atoms with Gasteiger partial charge >= 0.3 is 0 Å². The monoisotopic (exact) mass is 421 g/mol. The smallest absolute Gasteiger partial charge is 0.230 e. The molecule has 1 saturated heterocycles. The molecule has 3 amide bonds. The van der Waals surface area contributed by atoms with Gasteiger partial charge in [-0.15, -0.1) is 0 Å². The van der Waals surface area contributed by atoms with Crippen LogP contribution in [-0.2, 0) is 20.8 Å². The number of carbonyl (C=O) groups excluding carboxylic acids is 3. The molecule has 1 saturated carbocycles. The van der Waals surface area contributed by atoms with E-state index in [1.54, 1.807) is 11.8 Å². The fourth-order valence-corrected chi connectivity index (χ4v) is 4.47. The fraction of sp³-hybridized carbons (Fsp3) is 0.375. The Bertz CT molecular complexity index is 1100. The van der Waals surface area contributed by atoms with Gasteiger partial charge in [-0.1, -0.05) is 0 Å². The van der Waals surface area contributed by atoms with Gasteiger partial charge in [-0.2, -0.15) is 0 Å². The number of benzene rings is 2. The van der Waals surface area contributed by atoms with Crippen LogP contribution in [0.3, 0.4) is 0 Å². The number of hydrogen-bond acceptors (Lipinski definition) is 3. The Morgan fingerprint density at radius 1 is 1.10 bits per heavy atom. The second-order valence-corrected chi connectivity index (χ2v) is 8.68. The summed E-state index contributed by atoms with van der Waals surface area (Å²) in [4.78, 5) is 41.4. The largest absolute Gasteiger partial charge is 0.326 e. The molecule has 31 heavy (non-hydrogen) atoms. The normalized spacial score (nSPS) is 20.2. The van der Waals surface area contributed by atoms with Crippen molar-refractivity contribution in [1.29, 1.82) is 0 Å². The molecule has 5 rings (SSSR count). The zero-order chi connectivity index (χ0) is 21.7. The first-order chi connectivity index (χ1) is 14.9. The molecule has 0 radical (unpaired) electrons. The van der Waals surface area contributed by atoms with E-state index >= 15 is 0 Å². The lowest BCUT2D eigenvalue weighted by Gasteiger charge is -2.20.